The average molecular weight is 322 g/mol. The van der Waals surface area contributed by atoms with E-state index in [0.717, 1.165) is 5.69 Å². The van der Waals surface area contributed by atoms with E-state index in [1.807, 2.05) is 0 Å². The molecule has 21 heavy (non-hydrogen) atoms. The summed E-state index contributed by atoms with van der Waals surface area (Å²) in [5.74, 6) is -2.19. The summed E-state index contributed by atoms with van der Waals surface area (Å²) >= 11 is 1.33. The summed E-state index contributed by atoms with van der Waals surface area (Å²) < 4.78 is 41.8. The third kappa shape index (κ3) is 4.42. The molecule has 0 aromatic carbocycles. The van der Waals surface area contributed by atoms with Crippen molar-refractivity contribution in [2.24, 2.45) is 5.92 Å². The number of amides is 1. The van der Waals surface area contributed by atoms with Crippen LogP contribution < -0.4 is 0 Å². The molecule has 1 aliphatic heterocycles. The normalized spacial score (nSPS) is 19.1. The Morgan fingerprint density at radius 2 is 2.29 bits per heavy atom. The molecular weight excluding hydrogens is 309 g/mol. The number of rotatable bonds is 4. The fourth-order valence-electron chi connectivity index (χ4n) is 2.02. The van der Waals surface area contributed by atoms with Crippen LogP contribution in [0.1, 0.15) is 17.1 Å². The van der Waals surface area contributed by atoms with Crippen LogP contribution in [0.15, 0.2) is 5.38 Å². The van der Waals surface area contributed by atoms with E-state index in [0.29, 0.717) is 9.91 Å². The summed E-state index contributed by atoms with van der Waals surface area (Å²) in [6.07, 6.45) is -4.71. The second kappa shape index (κ2) is 6.00. The Kier molecular flexibility index (Phi) is 4.50. The number of nitrogens with zero attached hydrogens (tertiary/aromatic N) is 2. The summed E-state index contributed by atoms with van der Waals surface area (Å²) in [6.45, 7) is 0.184. The van der Waals surface area contributed by atoms with Gasteiger partial charge in [-0.3, -0.25) is 9.59 Å². The molecule has 1 aromatic rings. The van der Waals surface area contributed by atoms with Crippen molar-refractivity contribution in [2.75, 3.05) is 13.1 Å². The fraction of sp³-hybridized carbons (Fsp3) is 0.583. The smallest absolute Gasteiger partial charge is 0.406 e. The van der Waals surface area contributed by atoms with Gasteiger partial charge in [0.05, 0.1) is 5.92 Å². The molecule has 0 aliphatic carbocycles. The molecule has 0 radical (unpaired) electrons. The van der Waals surface area contributed by atoms with Gasteiger partial charge >= 0.3 is 12.1 Å². The zero-order valence-electron chi connectivity index (χ0n) is 11.1. The summed E-state index contributed by atoms with van der Waals surface area (Å²) in [4.78, 5) is 28.0. The van der Waals surface area contributed by atoms with Gasteiger partial charge in [0.1, 0.15) is 18.2 Å². The molecule has 2 heterocycles. The number of aryl methyl sites for hydroxylation is 1. The summed E-state index contributed by atoms with van der Waals surface area (Å²) in [5, 5.41) is 2.41. The van der Waals surface area contributed by atoms with Crippen LogP contribution in [0.5, 0.6) is 0 Å². The molecule has 1 saturated heterocycles. The van der Waals surface area contributed by atoms with E-state index in [-0.39, 0.29) is 19.6 Å². The van der Waals surface area contributed by atoms with Crippen molar-refractivity contribution < 1.29 is 27.5 Å². The molecule has 2 rings (SSSR count). The largest absolute Gasteiger partial charge is 0.458 e. The first-order valence-electron chi connectivity index (χ1n) is 6.17. The molecule has 5 nitrogen and oxygen atoms in total. The van der Waals surface area contributed by atoms with Crippen LogP contribution in [-0.4, -0.2) is 41.0 Å². The van der Waals surface area contributed by atoms with Crippen LogP contribution >= 0.6 is 11.3 Å². The van der Waals surface area contributed by atoms with Crippen molar-refractivity contribution in [1.29, 1.82) is 0 Å². The van der Waals surface area contributed by atoms with Gasteiger partial charge in [-0.05, 0) is 6.92 Å². The maximum absolute atomic E-state index is 12.3. The van der Waals surface area contributed by atoms with Crippen LogP contribution in [0.3, 0.4) is 0 Å². The van der Waals surface area contributed by atoms with E-state index >= 15 is 0 Å². The maximum atomic E-state index is 12.3. The van der Waals surface area contributed by atoms with Gasteiger partial charge in [-0.2, -0.15) is 13.2 Å². The fourth-order valence-corrected chi connectivity index (χ4v) is 2.70. The number of carbonyl (C=O) groups excluding carboxylic acids is 2. The SMILES string of the molecule is Cc1csc(COC(=O)C2CC(=O)N(CC(F)(F)F)C2)n1. The highest BCUT2D eigenvalue weighted by Crippen LogP contribution is 2.25. The molecule has 0 N–H and O–H groups in total. The molecular formula is C12H13F3N2O3S. The van der Waals surface area contributed by atoms with Crippen molar-refractivity contribution in [2.45, 2.75) is 26.1 Å². The molecule has 0 saturated carbocycles. The molecule has 1 unspecified atom stereocenters. The lowest BCUT2D eigenvalue weighted by atomic mass is 10.1. The Morgan fingerprint density at radius 3 is 2.86 bits per heavy atom. The number of esters is 1. The lowest BCUT2D eigenvalue weighted by Gasteiger charge is -2.18. The number of ether oxygens (including phenoxy) is 1. The van der Waals surface area contributed by atoms with Gasteiger partial charge in [0.2, 0.25) is 5.91 Å². The van der Waals surface area contributed by atoms with Gasteiger partial charge in [-0.25, -0.2) is 4.98 Å². The van der Waals surface area contributed by atoms with E-state index in [1.165, 1.54) is 11.3 Å². The zero-order valence-corrected chi connectivity index (χ0v) is 12.0. The van der Waals surface area contributed by atoms with Crippen LogP contribution in [0.4, 0.5) is 13.2 Å². The van der Waals surface area contributed by atoms with Gasteiger partial charge in [-0.15, -0.1) is 11.3 Å². The number of hydrogen-bond donors (Lipinski definition) is 0. The average Bonchev–Trinajstić information content (AvgIpc) is 2.92. The van der Waals surface area contributed by atoms with Crippen molar-refractivity contribution in [3.8, 4) is 0 Å². The quantitative estimate of drug-likeness (QED) is 0.795. The Labute approximate surface area is 122 Å². The third-order valence-electron chi connectivity index (χ3n) is 2.92. The van der Waals surface area contributed by atoms with Gasteiger partial charge < -0.3 is 9.64 Å². The summed E-state index contributed by atoms with van der Waals surface area (Å²) in [7, 11) is 0. The first-order valence-corrected chi connectivity index (χ1v) is 7.05. The van der Waals surface area contributed by atoms with Crippen molar-refractivity contribution in [1.82, 2.24) is 9.88 Å². The molecule has 116 valence electrons. The number of hydrogen-bond acceptors (Lipinski definition) is 5. The minimum atomic E-state index is -4.47. The lowest BCUT2D eigenvalue weighted by Crippen LogP contribution is -2.35. The maximum Gasteiger partial charge on any atom is 0.406 e. The van der Waals surface area contributed by atoms with E-state index in [4.69, 9.17) is 4.74 Å². The zero-order chi connectivity index (χ0) is 15.6. The predicted octanol–water partition coefficient (Wildman–Crippen LogP) is 1.91. The van der Waals surface area contributed by atoms with Gasteiger partial charge in [0, 0.05) is 24.0 Å². The van der Waals surface area contributed by atoms with E-state index in [2.05, 4.69) is 4.98 Å². The predicted molar refractivity (Wildman–Crippen MR) is 67.4 cm³/mol. The highest BCUT2D eigenvalue weighted by molar-refractivity contribution is 7.09. The van der Waals surface area contributed by atoms with Crippen molar-refractivity contribution >= 4 is 23.2 Å². The van der Waals surface area contributed by atoms with Gasteiger partial charge in [-0.1, -0.05) is 0 Å². The lowest BCUT2D eigenvalue weighted by molar-refractivity contribution is -0.158. The monoisotopic (exact) mass is 322 g/mol. The Bertz CT molecular complexity index is 544. The second-order valence-corrected chi connectivity index (χ2v) is 5.72. The Morgan fingerprint density at radius 1 is 1.57 bits per heavy atom. The second-order valence-electron chi connectivity index (χ2n) is 4.78. The molecule has 1 fully saturated rings. The summed E-state index contributed by atoms with van der Waals surface area (Å²) in [6, 6.07) is 0. The number of likely N-dealkylation sites (tertiary alicyclic amines) is 1. The minimum absolute atomic E-state index is 0.0265. The number of aromatic nitrogens is 1. The molecule has 1 aliphatic rings. The standard InChI is InChI=1S/C12H13F3N2O3S/c1-7-5-21-9(16-7)4-20-11(19)8-2-10(18)17(3-8)6-12(13,14)15/h5,8H,2-4,6H2,1H3. The first-order chi connectivity index (χ1) is 9.74. The van der Waals surface area contributed by atoms with E-state index < -0.39 is 30.5 Å². The van der Waals surface area contributed by atoms with Gasteiger partial charge in [0.25, 0.3) is 0 Å². The van der Waals surface area contributed by atoms with Crippen molar-refractivity contribution in [3.05, 3.63) is 16.1 Å². The third-order valence-corrected chi connectivity index (χ3v) is 3.86. The molecule has 1 aromatic heterocycles. The Hall–Kier alpha value is -1.64. The van der Waals surface area contributed by atoms with E-state index in [1.54, 1.807) is 12.3 Å². The van der Waals surface area contributed by atoms with Crippen LogP contribution in [-0.2, 0) is 20.9 Å². The molecule has 1 atom stereocenters. The summed E-state index contributed by atoms with van der Waals surface area (Å²) in [5.41, 5.74) is 0.804. The van der Waals surface area contributed by atoms with E-state index in [9.17, 15) is 22.8 Å². The van der Waals surface area contributed by atoms with Crippen LogP contribution in [0.25, 0.3) is 0 Å². The Balaban J connectivity index is 1.85. The highest BCUT2D eigenvalue weighted by Gasteiger charge is 2.41. The number of alkyl halides is 3. The van der Waals surface area contributed by atoms with Crippen LogP contribution in [0, 0.1) is 12.8 Å². The number of thiazole rings is 1. The first kappa shape index (κ1) is 15.7. The molecule has 0 spiro atoms. The molecule has 9 heteroatoms. The minimum Gasteiger partial charge on any atom is -0.458 e. The highest BCUT2D eigenvalue weighted by atomic mass is 32.1. The number of carbonyl (C=O) groups is 2. The molecule has 0 bridgehead atoms. The topological polar surface area (TPSA) is 59.5 Å². The van der Waals surface area contributed by atoms with Crippen molar-refractivity contribution in [3.63, 3.8) is 0 Å². The van der Waals surface area contributed by atoms with Crippen LogP contribution in [0.2, 0.25) is 0 Å². The number of halogens is 3. The van der Waals surface area contributed by atoms with Gasteiger partial charge in [0.15, 0.2) is 0 Å². The molecule has 1 amide bonds.